The fourth-order valence-electron chi connectivity index (χ4n) is 2.06. The molecule has 1 aromatic carbocycles. The molecule has 1 amide bonds. The Labute approximate surface area is 139 Å². The Morgan fingerprint density at radius 1 is 1.39 bits per heavy atom. The number of carbonyl (C=O) groups is 1. The van der Waals surface area contributed by atoms with Crippen molar-refractivity contribution in [2.75, 3.05) is 5.32 Å². The molecule has 0 atom stereocenters. The van der Waals surface area contributed by atoms with Gasteiger partial charge in [-0.25, -0.2) is 4.39 Å². The molecule has 23 heavy (non-hydrogen) atoms. The lowest BCUT2D eigenvalue weighted by Gasteiger charge is -2.08. The van der Waals surface area contributed by atoms with E-state index in [1.807, 2.05) is 13.8 Å². The van der Waals surface area contributed by atoms with Crippen LogP contribution in [0.2, 0.25) is 5.02 Å². The van der Waals surface area contributed by atoms with Crippen LogP contribution in [0.5, 0.6) is 0 Å². The van der Waals surface area contributed by atoms with E-state index in [9.17, 15) is 9.18 Å². The highest BCUT2D eigenvalue weighted by molar-refractivity contribution is 7.15. The van der Waals surface area contributed by atoms with E-state index in [2.05, 4.69) is 20.8 Å². The normalized spacial score (nSPS) is 10.8. The Hall–Kier alpha value is -2.32. The highest BCUT2D eigenvalue weighted by Crippen LogP contribution is 2.31. The number of benzene rings is 1. The minimum Gasteiger partial charge on any atom is -0.322 e. The minimum atomic E-state index is -0.540. The second kappa shape index (κ2) is 6.05. The van der Waals surface area contributed by atoms with Gasteiger partial charge in [0.15, 0.2) is 0 Å². The van der Waals surface area contributed by atoms with Crippen LogP contribution < -0.4 is 5.32 Å². The molecular formula is C14H11ClFN5OS. The molecule has 9 heteroatoms. The highest BCUT2D eigenvalue weighted by atomic mass is 35.5. The number of thiophene rings is 1. The van der Waals surface area contributed by atoms with Crippen LogP contribution in [0.15, 0.2) is 24.5 Å². The number of halogens is 2. The van der Waals surface area contributed by atoms with Crippen molar-refractivity contribution in [2.24, 2.45) is 0 Å². The second-order valence-corrected chi connectivity index (χ2v) is 6.41. The monoisotopic (exact) mass is 351 g/mol. The smallest absolute Gasteiger partial charge is 0.259 e. The summed E-state index contributed by atoms with van der Waals surface area (Å²) in [7, 11) is 0. The summed E-state index contributed by atoms with van der Waals surface area (Å²) < 4.78 is 14.6. The van der Waals surface area contributed by atoms with Gasteiger partial charge >= 0.3 is 0 Å². The summed E-state index contributed by atoms with van der Waals surface area (Å²) >= 11 is 7.15. The van der Waals surface area contributed by atoms with E-state index in [4.69, 9.17) is 11.6 Å². The summed E-state index contributed by atoms with van der Waals surface area (Å²) in [4.78, 5) is 13.6. The number of anilines is 1. The number of tetrazole rings is 1. The number of carbonyl (C=O) groups excluding carboxylic acids is 1. The first-order valence-electron chi connectivity index (χ1n) is 6.57. The van der Waals surface area contributed by atoms with Crippen molar-refractivity contribution in [3.05, 3.63) is 51.4 Å². The van der Waals surface area contributed by atoms with Crippen molar-refractivity contribution >= 4 is 34.5 Å². The summed E-state index contributed by atoms with van der Waals surface area (Å²) in [6.45, 7) is 3.77. The number of aryl methyl sites for hydroxylation is 1. The maximum Gasteiger partial charge on any atom is 0.259 e. The van der Waals surface area contributed by atoms with E-state index in [1.54, 1.807) is 0 Å². The molecule has 0 unspecified atom stereocenters. The van der Waals surface area contributed by atoms with E-state index in [1.165, 1.54) is 40.5 Å². The number of amides is 1. The zero-order valence-electron chi connectivity index (χ0n) is 12.2. The predicted molar refractivity (Wildman–Crippen MR) is 85.9 cm³/mol. The molecule has 0 bridgehead atoms. The third-order valence-electron chi connectivity index (χ3n) is 3.33. The molecule has 0 radical (unpaired) electrons. The van der Waals surface area contributed by atoms with E-state index in [0.29, 0.717) is 16.3 Å². The number of nitrogens with zero attached hydrogens (tertiary/aromatic N) is 4. The average Bonchev–Trinajstić information content (AvgIpc) is 3.12. The van der Waals surface area contributed by atoms with E-state index < -0.39 is 5.82 Å². The van der Waals surface area contributed by atoms with Gasteiger partial charge in [-0.2, -0.15) is 4.68 Å². The van der Waals surface area contributed by atoms with Gasteiger partial charge in [-0.3, -0.25) is 4.79 Å². The topological polar surface area (TPSA) is 72.7 Å². The molecule has 3 rings (SSSR count). The van der Waals surface area contributed by atoms with E-state index in [-0.39, 0.29) is 10.9 Å². The SMILES string of the molecule is Cc1sc(-n2cnnn2)c(C(=O)Nc2ccc(F)c(Cl)c2)c1C. The third-order valence-corrected chi connectivity index (χ3v) is 4.81. The second-order valence-electron chi connectivity index (χ2n) is 4.80. The molecule has 0 spiro atoms. The van der Waals surface area contributed by atoms with Crippen LogP contribution in [0.4, 0.5) is 10.1 Å². The van der Waals surface area contributed by atoms with E-state index >= 15 is 0 Å². The van der Waals surface area contributed by atoms with Crippen LogP contribution in [-0.4, -0.2) is 26.1 Å². The summed E-state index contributed by atoms with van der Waals surface area (Å²) in [5.41, 5.74) is 1.72. The fraction of sp³-hybridized carbons (Fsp3) is 0.143. The largest absolute Gasteiger partial charge is 0.322 e. The van der Waals surface area contributed by atoms with Crippen molar-refractivity contribution in [2.45, 2.75) is 13.8 Å². The first-order valence-corrected chi connectivity index (χ1v) is 7.76. The summed E-state index contributed by atoms with van der Waals surface area (Å²) in [6, 6.07) is 4.01. The molecule has 0 fully saturated rings. The minimum absolute atomic E-state index is 0.0540. The lowest BCUT2D eigenvalue weighted by atomic mass is 10.1. The molecule has 2 aromatic heterocycles. The van der Waals surface area contributed by atoms with Crippen molar-refractivity contribution in [3.63, 3.8) is 0 Å². The van der Waals surface area contributed by atoms with Crippen molar-refractivity contribution < 1.29 is 9.18 Å². The maximum absolute atomic E-state index is 13.2. The molecular weight excluding hydrogens is 341 g/mol. The summed E-state index contributed by atoms with van der Waals surface area (Å²) in [5.74, 6) is -0.873. The lowest BCUT2D eigenvalue weighted by molar-refractivity contribution is 0.102. The number of hydrogen-bond donors (Lipinski definition) is 1. The van der Waals surface area contributed by atoms with Crippen LogP contribution in [0.1, 0.15) is 20.8 Å². The quantitative estimate of drug-likeness (QED) is 0.785. The first kappa shape index (κ1) is 15.6. The number of hydrogen-bond acceptors (Lipinski definition) is 5. The average molecular weight is 352 g/mol. The third kappa shape index (κ3) is 2.95. The molecule has 6 nitrogen and oxygen atoms in total. The number of nitrogens with one attached hydrogen (secondary N) is 1. The molecule has 1 N–H and O–H groups in total. The molecule has 0 saturated heterocycles. The Bertz CT molecular complexity index is 878. The van der Waals surface area contributed by atoms with Gasteiger partial charge in [0.2, 0.25) is 0 Å². The van der Waals surface area contributed by atoms with Crippen LogP contribution in [0.3, 0.4) is 0 Å². The first-order chi connectivity index (χ1) is 11.0. The van der Waals surface area contributed by atoms with Crippen LogP contribution in [-0.2, 0) is 0 Å². The van der Waals surface area contributed by atoms with Crippen molar-refractivity contribution in [1.29, 1.82) is 0 Å². The Balaban J connectivity index is 1.97. The Morgan fingerprint density at radius 3 is 2.83 bits per heavy atom. The maximum atomic E-state index is 13.2. The molecule has 0 aliphatic carbocycles. The van der Waals surface area contributed by atoms with Gasteiger partial charge in [-0.1, -0.05) is 11.6 Å². The standard InChI is InChI=1S/C14H11ClFN5OS/c1-7-8(2)23-14(21-6-17-19-20-21)12(7)13(22)18-9-3-4-11(16)10(15)5-9/h3-6H,1-2H3,(H,18,22). The molecule has 0 aliphatic rings. The van der Waals surface area contributed by atoms with Crippen molar-refractivity contribution in [3.8, 4) is 5.00 Å². The predicted octanol–water partition coefficient (Wildman–Crippen LogP) is 3.39. The van der Waals surface area contributed by atoms with Crippen LogP contribution in [0, 0.1) is 19.7 Å². The van der Waals surface area contributed by atoms with Gasteiger partial charge < -0.3 is 5.32 Å². The number of rotatable bonds is 3. The van der Waals surface area contributed by atoms with Crippen molar-refractivity contribution in [1.82, 2.24) is 20.2 Å². The lowest BCUT2D eigenvalue weighted by Crippen LogP contribution is -2.15. The van der Waals surface area contributed by atoms with E-state index in [0.717, 1.165) is 10.4 Å². The molecule has 118 valence electrons. The zero-order valence-corrected chi connectivity index (χ0v) is 13.7. The van der Waals surface area contributed by atoms with Gasteiger partial charge in [0.25, 0.3) is 5.91 Å². The zero-order chi connectivity index (χ0) is 16.6. The van der Waals surface area contributed by atoms with Gasteiger partial charge in [-0.15, -0.1) is 16.4 Å². The Morgan fingerprint density at radius 2 is 2.17 bits per heavy atom. The Kier molecular flexibility index (Phi) is 4.10. The summed E-state index contributed by atoms with van der Waals surface area (Å²) in [5, 5.41) is 14.3. The molecule has 3 aromatic rings. The van der Waals surface area contributed by atoms with Crippen LogP contribution in [0.25, 0.3) is 5.00 Å². The molecule has 0 aliphatic heterocycles. The van der Waals surface area contributed by atoms with Gasteiger partial charge in [-0.05, 0) is 48.0 Å². The fourth-order valence-corrected chi connectivity index (χ4v) is 3.31. The van der Waals surface area contributed by atoms with Gasteiger partial charge in [0.05, 0.1) is 10.6 Å². The molecule has 0 saturated carbocycles. The van der Waals surface area contributed by atoms with Crippen LogP contribution >= 0.6 is 22.9 Å². The summed E-state index contributed by atoms with van der Waals surface area (Å²) in [6.07, 6.45) is 1.43. The number of aromatic nitrogens is 4. The van der Waals surface area contributed by atoms with Gasteiger partial charge in [0.1, 0.15) is 17.1 Å². The van der Waals surface area contributed by atoms with Gasteiger partial charge in [0, 0.05) is 10.6 Å². The molecule has 2 heterocycles. The highest BCUT2D eigenvalue weighted by Gasteiger charge is 2.22.